The van der Waals surface area contributed by atoms with Crippen molar-refractivity contribution < 1.29 is 0 Å². The van der Waals surface area contributed by atoms with E-state index in [1.807, 2.05) is 18.2 Å². The van der Waals surface area contributed by atoms with Crippen LogP contribution in [0.1, 0.15) is 73.8 Å². The van der Waals surface area contributed by atoms with Crippen molar-refractivity contribution in [1.29, 1.82) is 0 Å². The fraction of sp³-hybridized carbons (Fsp3) is 0.154. The molecule has 2 aliphatic rings. The zero-order chi connectivity index (χ0) is 37.0. The SMILES string of the molecule is C=C/C=C\C=C(/C)c1cc(C)cc(/C(=C/C=C)CCC)c1-c1ccc(N(c2ccc(C3=CC=CCC=C3)cc2)c2ccc(C3=CCCC=C3)cc2)cc1. The van der Waals surface area contributed by atoms with E-state index in [0.29, 0.717) is 0 Å². The van der Waals surface area contributed by atoms with Gasteiger partial charge < -0.3 is 4.90 Å². The largest absolute Gasteiger partial charge is 0.311 e. The Balaban J connectivity index is 1.46. The average Bonchev–Trinajstić information content (AvgIpc) is 3.49. The van der Waals surface area contributed by atoms with Crippen molar-refractivity contribution in [2.45, 2.75) is 52.9 Å². The molecule has 4 aromatic rings. The van der Waals surface area contributed by atoms with Gasteiger partial charge in [-0.25, -0.2) is 0 Å². The lowest BCUT2D eigenvalue weighted by atomic mass is 9.84. The second-order valence-electron chi connectivity index (χ2n) is 13.7. The number of aryl methyl sites for hydroxylation is 1. The minimum Gasteiger partial charge on any atom is -0.311 e. The molecule has 1 heteroatoms. The summed E-state index contributed by atoms with van der Waals surface area (Å²) in [6.45, 7) is 14.6. The second kappa shape index (κ2) is 18.0. The van der Waals surface area contributed by atoms with E-state index < -0.39 is 0 Å². The maximum atomic E-state index is 4.07. The molecule has 2 aliphatic carbocycles. The number of benzene rings is 4. The van der Waals surface area contributed by atoms with Crippen LogP contribution >= 0.6 is 0 Å². The third-order valence-electron chi connectivity index (χ3n) is 9.79. The summed E-state index contributed by atoms with van der Waals surface area (Å²) in [5, 5.41) is 0. The van der Waals surface area contributed by atoms with Crippen LogP contribution in [0.5, 0.6) is 0 Å². The molecule has 0 aliphatic heterocycles. The van der Waals surface area contributed by atoms with Crippen LogP contribution in [0, 0.1) is 6.92 Å². The van der Waals surface area contributed by atoms with Crippen molar-refractivity contribution in [2.24, 2.45) is 0 Å². The Bertz CT molecular complexity index is 2170. The van der Waals surface area contributed by atoms with Gasteiger partial charge in [-0.15, -0.1) is 0 Å². The van der Waals surface area contributed by atoms with Crippen molar-refractivity contribution in [2.75, 3.05) is 4.90 Å². The Morgan fingerprint density at radius 2 is 1.30 bits per heavy atom. The lowest BCUT2D eigenvalue weighted by Gasteiger charge is -2.27. The minimum absolute atomic E-state index is 0.961. The van der Waals surface area contributed by atoms with Gasteiger partial charge in [0.2, 0.25) is 0 Å². The predicted octanol–water partition coefficient (Wildman–Crippen LogP) is 15.3. The number of hydrogen-bond acceptors (Lipinski definition) is 1. The van der Waals surface area contributed by atoms with Gasteiger partial charge in [0.05, 0.1) is 0 Å². The molecule has 0 N–H and O–H groups in total. The maximum absolute atomic E-state index is 4.07. The lowest BCUT2D eigenvalue weighted by molar-refractivity contribution is 0.973. The molecular formula is C52H51N. The monoisotopic (exact) mass is 689 g/mol. The van der Waals surface area contributed by atoms with Crippen molar-refractivity contribution >= 4 is 39.4 Å². The Morgan fingerprint density at radius 1 is 0.679 bits per heavy atom. The molecule has 0 saturated heterocycles. The average molecular weight is 690 g/mol. The third kappa shape index (κ3) is 8.94. The third-order valence-corrected chi connectivity index (χ3v) is 9.79. The van der Waals surface area contributed by atoms with Gasteiger partial charge in [0.25, 0.3) is 0 Å². The molecule has 0 atom stereocenters. The molecule has 1 nitrogen and oxygen atoms in total. The number of nitrogens with zero attached hydrogens (tertiary/aromatic N) is 1. The Kier molecular flexibility index (Phi) is 12.5. The summed E-state index contributed by atoms with van der Waals surface area (Å²) in [4.78, 5) is 2.36. The zero-order valence-corrected chi connectivity index (χ0v) is 31.6. The first kappa shape index (κ1) is 36.9. The molecule has 0 bridgehead atoms. The van der Waals surface area contributed by atoms with E-state index in [2.05, 4.69) is 191 Å². The van der Waals surface area contributed by atoms with Crippen LogP contribution in [0.4, 0.5) is 17.1 Å². The van der Waals surface area contributed by atoms with Gasteiger partial charge in [0, 0.05) is 17.1 Å². The van der Waals surface area contributed by atoms with E-state index in [-0.39, 0.29) is 0 Å². The fourth-order valence-corrected chi connectivity index (χ4v) is 7.18. The van der Waals surface area contributed by atoms with Gasteiger partial charge in [0.1, 0.15) is 0 Å². The first-order valence-electron chi connectivity index (χ1n) is 18.9. The van der Waals surface area contributed by atoms with E-state index in [0.717, 1.165) is 49.2 Å². The Hall–Kier alpha value is -5.92. The Labute approximate surface area is 318 Å². The molecule has 0 saturated carbocycles. The molecule has 0 aromatic heterocycles. The van der Waals surface area contributed by atoms with Crippen LogP contribution in [-0.2, 0) is 0 Å². The van der Waals surface area contributed by atoms with Crippen molar-refractivity contribution in [1.82, 2.24) is 0 Å². The Morgan fingerprint density at radius 3 is 1.91 bits per heavy atom. The van der Waals surface area contributed by atoms with Crippen LogP contribution in [0.2, 0.25) is 0 Å². The number of allylic oxidation sites excluding steroid dienone is 18. The summed E-state index contributed by atoms with van der Waals surface area (Å²) in [6.07, 6.45) is 35.2. The molecule has 0 radical (unpaired) electrons. The summed E-state index contributed by atoms with van der Waals surface area (Å²) in [5.41, 5.74) is 17.0. The summed E-state index contributed by atoms with van der Waals surface area (Å²) in [7, 11) is 0. The van der Waals surface area contributed by atoms with E-state index in [1.165, 1.54) is 61.2 Å². The maximum Gasteiger partial charge on any atom is 0.0462 e. The predicted molar refractivity (Wildman–Crippen MR) is 235 cm³/mol. The molecule has 0 heterocycles. The molecular weight excluding hydrogens is 639 g/mol. The molecule has 264 valence electrons. The van der Waals surface area contributed by atoms with Crippen LogP contribution in [0.15, 0.2) is 183 Å². The standard InChI is InChI=1S/C52H51N/c1-6-9-13-20-40(5)50-37-39(4)38-51(45(18-7-2)19-8-3)52(50)46-29-35-49(36-30-46)53(48-33-27-44(28-34-48)42-23-16-12-17-24-42)47-31-25-43(26-32-47)41-21-14-10-11-15-22-41/h6-7,9-10,13-16,18,20-38H,1-2,8,11-12,17,19H2,3-5H3/b13-9-,40-20+,45-18+. The minimum atomic E-state index is 0.961. The molecule has 0 fully saturated rings. The van der Waals surface area contributed by atoms with Gasteiger partial charge in [-0.2, -0.15) is 0 Å². The van der Waals surface area contributed by atoms with Gasteiger partial charge >= 0.3 is 0 Å². The highest BCUT2D eigenvalue weighted by molar-refractivity contribution is 5.92. The van der Waals surface area contributed by atoms with Gasteiger partial charge in [-0.05, 0) is 137 Å². The summed E-state index contributed by atoms with van der Waals surface area (Å²) in [6, 6.07) is 31.7. The van der Waals surface area contributed by atoms with Crippen molar-refractivity contribution in [3.63, 3.8) is 0 Å². The molecule has 6 rings (SSSR count). The normalized spacial score (nSPS) is 14.5. The zero-order valence-electron chi connectivity index (χ0n) is 31.6. The lowest BCUT2D eigenvalue weighted by Crippen LogP contribution is -2.10. The van der Waals surface area contributed by atoms with E-state index in [4.69, 9.17) is 0 Å². The quantitative estimate of drug-likeness (QED) is 0.126. The van der Waals surface area contributed by atoms with Gasteiger partial charge in [-0.1, -0.05) is 160 Å². The molecule has 53 heavy (non-hydrogen) atoms. The fourth-order valence-electron chi connectivity index (χ4n) is 7.18. The smallest absolute Gasteiger partial charge is 0.0462 e. The van der Waals surface area contributed by atoms with Crippen LogP contribution in [0.25, 0.3) is 33.4 Å². The van der Waals surface area contributed by atoms with Crippen molar-refractivity contribution in [3.05, 3.63) is 211 Å². The summed E-state index contributed by atoms with van der Waals surface area (Å²) >= 11 is 0. The van der Waals surface area contributed by atoms with Crippen LogP contribution < -0.4 is 4.90 Å². The summed E-state index contributed by atoms with van der Waals surface area (Å²) in [5.74, 6) is 0. The van der Waals surface area contributed by atoms with Crippen molar-refractivity contribution in [3.8, 4) is 11.1 Å². The number of anilines is 3. The summed E-state index contributed by atoms with van der Waals surface area (Å²) < 4.78 is 0. The van der Waals surface area contributed by atoms with E-state index in [9.17, 15) is 0 Å². The van der Waals surface area contributed by atoms with Crippen LogP contribution in [0.3, 0.4) is 0 Å². The second-order valence-corrected chi connectivity index (χ2v) is 13.7. The molecule has 0 spiro atoms. The molecule has 0 unspecified atom stereocenters. The number of rotatable bonds is 13. The first-order valence-corrected chi connectivity index (χ1v) is 18.9. The van der Waals surface area contributed by atoms with E-state index >= 15 is 0 Å². The number of hydrogen-bond donors (Lipinski definition) is 0. The van der Waals surface area contributed by atoms with E-state index in [1.54, 1.807) is 0 Å². The topological polar surface area (TPSA) is 3.24 Å². The van der Waals surface area contributed by atoms with Gasteiger partial charge in [-0.3, -0.25) is 0 Å². The van der Waals surface area contributed by atoms with Gasteiger partial charge in [0.15, 0.2) is 0 Å². The highest BCUT2D eigenvalue weighted by Gasteiger charge is 2.18. The highest BCUT2D eigenvalue weighted by atomic mass is 15.1. The highest BCUT2D eigenvalue weighted by Crippen LogP contribution is 2.41. The molecule has 4 aromatic carbocycles. The van der Waals surface area contributed by atoms with Crippen LogP contribution in [-0.4, -0.2) is 0 Å². The first-order chi connectivity index (χ1) is 26.0. The molecule has 0 amide bonds.